The van der Waals surface area contributed by atoms with Crippen molar-refractivity contribution in [3.05, 3.63) is 16.3 Å². The van der Waals surface area contributed by atoms with E-state index in [0.29, 0.717) is 19.0 Å². The van der Waals surface area contributed by atoms with E-state index in [1.165, 1.54) is 11.1 Å². The topological polar surface area (TPSA) is 58.6 Å². The lowest BCUT2D eigenvalue weighted by Gasteiger charge is -2.32. The molecule has 2 rings (SSSR count). The summed E-state index contributed by atoms with van der Waals surface area (Å²) in [5.74, 6) is 1.29. The van der Waals surface area contributed by atoms with Crippen LogP contribution in [0.3, 0.4) is 0 Å². The zero-order valence-electron chi connectivity index (χ0n) is 12.8. The van der Waals surface area contributed by atoms with Crippen LogP contribution >= 0.6 is 11.3 Å². The molecule has 5 nitrogen and oxygen atoms in total. The van der Waals surface area contributed by atoms with Crippen LogP contribution in [0.4, 0.5) is 0 Å². The van der Waals surface area contributed by atoms with Gasteiger partial charge in [-0.3, -0.25) is 0 Å². The molecule has 0 amide bonds. The zero-order chi connectivity index (χ0) is 15.5. The second kappa shape index (κ2) is 7.09. The Hall–Kier alpha value is -0.630. The van der Waals surface area contributed by atoms with Gasteiger partial charge >= 0.3 is 0 Å². The summed E-state index contributed by atoms with van der Waals surface area (Å²) in [5.41, 5.74) is 0. The summed E-state index contributed by atoms with van der Waals surface area (Å²) in [6.45, 7) is 1.30. The molecule has 1 aromatic heterocycles. The van der Waals surface area contributed by atoms with E-state index in [1.54, 1.807) is 22.8 Å². The first kappa shape index (κ1) is 16.7. The number of thiophene rings is 1. The van der Waals surface area contributed by atoms with Gasteiger partial charge in [0.2, 0.25) is 10.0 Å². The Morgan fingerprint density at radius 2 is 2.33 bits per heavy atom. The zero-order valence-corrected chi connectivity index (χ0v) is 14.5. The van der Waals surface area contributed by atoms with Crippen molar-refractivity contribution >= 4 is 21.4 Å². The fourth-order valence-corrected chi connectivity index (χ4v) is 4.78. The second-order valence-electron chi connectivity index (χ2n) is 5.60. The molecule has 1 aliphatic heterocycles. The van der Waals surface area contributed by atoms with Crippen molar-refractivity contribution in [3.8, 4) is 5.75 Å². The number of hydrogen-bond donors (Lipinski definition) is 1. The highest BCUT2D eigenvalue weighted by Gasteiger charge is 2.28. The molecule has 0 aliphatic carbocycles. The van der Waals surface area contributed by atoms with Gasteiger partial charge in [0, 0.05) is 29.4 Å². The third-order valence-electron chi connectivity index (χ3n) is 4.04. The van der Waals surface area contributed by atoms with E-state index in [4.69, 9.17) is 4.74 Å². The first-order chi connectivity index (χ1) is 9.94. The van der Waals surface area contributed by atoms with Crippen LogP contribution in [0.15, 0.2) is 11.4 Å². The first-order valence-corrected chi connectivity index (χ1v) is 9.91. The lowest BCUT2D eigenvalue weighted by molar-refractivity contribution is 0.241. The van der Waals surface area contributed by atoms with Crippen LogP contribution in [-0.2, 0) is 10.0 Å². The summed E-state index contributed by atoms with van der Waals surface area (Å²) in [4.78, 5) is 1.24. The molecule has 1 fully saturated rings. The molecule has 1 N–H and O–H groups in total. The lowest BCUT2D eigenvalue weighted by atomic mass is 9.92. The van der Waals surface area contributed by atoms with Crippen LogP contribution in [0, 0.1) is 5.92 Å². The van der Waals surface area contributed by atoms with Crippen molar-refractivity contribution < 1.29 is 13.2 Å². The predicted molar refractivity (Wildman–Crippen MR) is 86.4 cm³/mol. The van der Waals surface area contributed by atoms with Gasteiger partial charge in [0.25, 0.3) is 0 Å². The molecule has 1 aliphatic rings. The van der Waals surface area contributed by atoms with Crippen molar-refractivity contribution in [1.82, 2.24) is 9.62 Å². The highest BCUT2D eigenvalue weighted by Crippen LogP contribution is 2.33. The third-order valence-corrected chi connectivity index (χ3v) is 6.34. The van der Waals surface area contributed by atoms with E-state index in [-0.39, 0.29) is 6.04 Å². The van der Waals surface area contributed by atoms with Crippen LogP contribution in [0.2, 0.25) is 0 Å². The minimum atomic E-state index is -3.07. The highest BCUT2D eigenvalue weighted by atomic mass is 32.2. The SMILES string of the molecule is CNC(CC1CCCN(S(C)(=O)=O)C1)c1cc(OC)cs1. The van der Waals surface area contributed by atoms with Gasteiger partial charge < -0.3 is 10.1 Å². The second-order valence-corrected chi connectivity index (χ2v) is 8.52. The van der Waals surface area contributed by atoms with E-state index in [0.717, 1.165) is 25.0 Å². The van der Waals surface area contributed by atoms with Crippen LogP contribution < -0.4 is 10.1 Å². The molecule has 1 aromatic rings. The number of piperidine rings is 1. The predicted octanol–water partition coefficient (Wildman–Crippen LogP) is 2.08. The summed E-state index contributed by atoms with van der Waals surface area (Å²) >= 11 is 1.68. The van der Waals surface area contributed by atoms with Gasteiger partial charge in [-0.25, -0.2) is 12.7 Å². The third kappa shape index (κ3) is 4.42. The summed E-state index contributed by atoms with van der Waals surface area (Å²) in [6, 6.07) is 2.31. The maximum atomic E-state index is 11.7. The Kier molecular flexibility index (Phi) is 5.65. The molecule has 1 saturated heterocycles. The quantitative estimate of drug-likeness (QED) is 0.866. The molecule has 7 heteroatoms. The van der Waals surface area contributed by atoms with Gasteiger partial charge in [-0.2, -0.15) is 0 Å². The van der Waals surface area contributed by atoms with Gasteiger partial charge in [-0.05, 0) is 38.3 Å². The molecular weight excluding hydrogens is 308 g/mol. The number of nitrogens with one attached hydrogen (secondary N) is 1. The number of rotatable bonds is 6. The molecule has 0 bridgehead atoms. The van der Waals surface area contributed by atoms with E-state index >= 15 is 0 Å². The van der Waals surface area contributed by atoms with E-state index in [1.807, 2.05) is 12.4 Å². The van der Waals surface area contributed by atoms with Crippen molar-refractivity contribution in [2.75, 3.05) is 33.5 Å². The molecule has 21 heavy (non-hydrogen) atoms. The molecule has 0 radical (unpaired) electrons. The summed E-state index contributed by atoms with van der Waals surface area (Å²) in [7, 11) is 0.554. The Bertz CT molecular complexity index is 556. The largest absolute Gasteiger partial charge is 0.496 e. The minimum absolute atomic E-state index is 0.253. The Balaban J connectivity index is 2.01. The maximum absolute atomic E-state index is 11.7. The normalized spacial score (nSPS) is 22.1. The van der Waals surface area contributed by atoms with E-state index in [2.05, 4.69) is 11.4 Å². The Morgan fingerprint density at radius 3 is 2.90 bits per heavy atom. The Labute approximate surface area is 131 Å². The van der Waals surface area contributed by atoms with Crippen LogP contribution in [0.5, 0.6) is 5.75 Å². The highest BCUT2D eigenvalue weighted by molar-refractivity contribution is 7.88. The molecule has 2 unspecified atom stereocenters. The molecule has 120 valence electrons. The van der Waals surface area contributed by atoms with Gasteiger partial charge in [0.05, 0.1) is 13.4 Å². The monoisotopic (exact) mass is 332 g/mol. The van der Waals surface area contributed by atoms with Gasteiger partial charge in [-0.15, -0.1) is 11.3 Å². The molecular formula is C14H24N2O3S2. The smallest absolute Gasteiger partial charge is 0.211 e. The van der Waals surface area contributed by atoms with Crippen molar-refractivity contribution in [2.45, 2.75) is 25.3 Å². The number of hydrogen-bond acceptors (Lipinski definition) is 5. The molecule has 0 spiro atoms. The van der Waals surface area contributed by atoms with Gasteiger partial charge in [0.1, 0.15) is 5.75 Å². The molecule has 2 heterocycles. The standard InChI is InChI=1S/C14H24N2O3S2/c1-15-13(14-8-12(19-2)10-20-14)7-11-5-4-6-16(9-11)21(3,17)18/h8,10-11,13,15H,4-7,9H2,1-3H3. The molecule has 0 aromatic carbocycles. The summed E-state index contributed by atoms with van der Waals surface area (Å²) in [6.07, 6.45) is 4.29. The van der Waals surface area contributed by atoms with Crippen molar-refractivity contribution in [3.63, 3.8) is 0 Å². The van der Waals surface area contributed by atoms with Gasteiger partial charge in [-0.1, -0.05) is 0 Å². The van der Waals surface area contributed by atoms with Crippen molar-refractivity contribution in [1.29, 1.82) is 0 Å². The van der Waals surface area contributed by atoms with Crippen LogP contribution in [-0.4, -0.2) is 46.2 Å². The number of methoxy groups -OCH3 is 1. The summed E-state index contributed by atoms with van der Waals surface area (Å²) < 4.78 is 30.2. The van der Waals surface area contributed by atoms with Crippen LogP contribution in [0.25, 0.3) is 0 Å². The van der Waals surface area contributed by atoms with Gasteiger partial charge in [0.15, 0.2) is 0 Å². The van der Waals surface area contributed by atoms with E-state index < -0.39 is 10.0 Å². The number of nitrogens with zero attached hydrogens (tertiary/aromatic N) is 1. The molecule has 2 atom stereocenters. The van der Waals surface area contributed by atoms with E-state index in [9.17, 15) is 8.42 Å². The minimum Gasteiger partial charge on any atom is -0.496 e. The summed E-state index contributed by atoms with van der Waals surface area (Å²) in [5, 5.41) is 5.35. The first-order valence-electron chi connectivity index (χ1n) is 7.19. The lowest BCUT2D eigenvalue weighted by Crippen LogP contribution is -2.40. The Morgan fingerprint density at radius 1 is 1.57 bits per heavy atom. The van der Waals surface area contributed by atoms with Crippen LogP contribution in [0.1, 0.15) is 30.2 Å². The fourth-order valence-electron chi connectivity index (χ4n) is 2.85. The average molecular weight is 332 g/mol. The van der Waals surface area contributed by atoms with Crippen molar-refractivity contribution in [2.24, 2.45) is 5.92 Å². The number of sulfonamides is 1. The number of ether oxygens (including phenoxy) is 1. The fraction of sp³-hybridized carbons (Fsp3) is 0.714. The molecule has 0 saturated carbocycles. The average Bonchev–Trinajstić information content (AvgIpc) is 2.93. The maximum Gasteiger partial charge on any atom is 0.211 e.